The molecule has 0 aliphatic heterocycles. The van der Waals surface area contributed by atoms with Gasteiger partial charge >= 0.3 is 5.97 Å². The summed E-state index contributed by atoms with van der Waals surface area (Å²) < 4.78 is 22.6. The van der Waals surface area contributed by atoms with E-state index in [0.717, 1.165) is 16.8 Å². The zero-order valence-electron chi connectivity index (χ0n) is 14.2. The lowest BCUT2D eigenvalue weighted by atomic mass is 10.1. The molecule has 0 saturated heterocycles. The van der Waals surface area contributed by atoms with Gasteiger partial charge in [-0.15, -0.1) is 0 Å². The van der Waals surface area contributed by atoms with Gasteiger partial charge in [0.1, 0.15) is 11.5 Å². The number of benzene rings is 2. The minimum absolute atomic E-state index is 0.0881. The van der Waals surface area contributed by atoms with Gasteiger partial charge in [-0.2, -0.15) is 0 Å². The van der Waals surface area contributed by atoms with E-state index in [1.807, 2.05) is 24.3 Å². The highest BCUT2D eigenvalue weighted by atomic mass is 19.1. The summed E-state index contributed by atoms with van der Waals surface area (Å²) in [6, 6.07) is 13.3. The molecule has 26 heavy (non-hydrogen) atoms. The summed E-state index contributed by atoms with van der Waals surface area (Å²) in [5, 5.41) is 6.80. The maximum atomic E-state index is 12.9. The number of carbonyl (C=O) groups excluding carboxylic acids is 1. The molecule has 1 N–H and O–H groups in total. The third-order valence-electron chi connectivity index (χ3n) is 3.59. The van der Waals surface area contributed by atoms with Crippen molar-refractivity contribution in [3.05, 3.63) is 76.9 Å². The van der Waals surface area contributed by atoms with E-state index in [1.54, 1.807) is 19.1 Å². The number of methoxy groups -OCH3 is 1. The largest absolute Gasteiger partial charge is 0.464 e. The van der Waals surface area contributed by atoms with E-state index in [1.165, 1.54) is 19.2 Å². The van der Waals surface area contributed by atoms with Crippen molar-refractivity contribution in [2.75, 3.05) is 12.4 Å². The molecule has 0 atom stereocenters. The van der Waals surface area contributed by atoms with E-state index in [-0.39, 0.29) is 11.5 Å². The molecule has 0 radical (unpaired) electrons. The van der Waals surface area contributed by atoms with E-state index in [0.29, 0.717) is 11.4 Å². The molecule has 0 aliphatic carbocycles. The van der Waals surface area contributed by atoms with Crippen LogP contribution in [0.1, 0.15) is 27.4 Å². The Morgan fingerprint density at radius 2 is 1.65 bits per heavy atom. The normalized spacial score (nSPS) is 9.96. The lowest BCUT2D eigenvalue weighted by molar-refractivity contribution is 0.0590. The Bertz CT molecular complexity index is 981. The third-order valence-corrected chi connectivity index (χ3v) is 3.59. The van der Waals surface area contributed by atoms with Crippen LogP contribution in [0.4, 0.5) is 15.8 Å². The van der Waals surface area contributed by atoms with Gasteiger partial charge in [-0.1, -0.05) is 17.0 Å². The molecule has 0 spiro atoms. The highest BCUT2D eigenvalue weighted by molar-refractivity contribution is 5.94. The fourth-order valence-corrected chi connectivity index (χ4v) is 2.21. The molecule has 0 saturated carbocycles. The van der Waals surface area contributed by atoms with Crippen LogP contribution in [0.5, 0.6) is 0 Å². The molecule has 3 rings (SSSR count). The fourth-order valence-electron chi connectivity index (χ4n) is 2.21. The van der Waals surface area contributed by atoms with Crippen LogP contribution in [0.25, 0.3) is 0 Å². The molecule has 0 fully saturated rings. The summed E-state index contributed by atoms with van der Waals surface area (Å²) in [6.45, 7) is 1.70. The van der Waals surface area contributed by atoms with Crippen molar-refractivity contribution in [3.8, 4) is 11.8 Å². The van der Waals surface area contributed by atoms with Gasteiger partial charge in [0.25, 0.3) is 0 Å². The number of nitrogens with one attached hydrogen (secondary N) is 1. The minimum Gasteiger partial charge on any atom is -0.464 e. The Balaban J connectivity index is 1.76. The molecule has 0 bridgehead atoms. The smallest absolute Gasteiger partial charge is 0.362 e. The Morgan fingerprint density at radius 3 is 2.23 bits per heavy atom. The van der Waals surface area contributed by atoms with Crippen LogP contribution in [0.15, 0.2) is 53.1 Å². The number of anilines is 2. The standard InChI is InChI=1S/C20H15FN2O3/c1-13-18(19(23-26-13)20(24)25-2)22-17-11-7-15(8-12-17)4-3-14-5-9-16(21)10-6-14/h5-12,22H,1-2H3. The summed E-state index contributed by atoms with van der Waals surface area (Å²) in [7, 11) is 1.28. The molecule has 130 valence electrons. The van der Waals surface area contributed by atoms with Crippen molar-refractivity contribution in [1.29, 1.82) is 0 Å². The predicted octanol–water partition coefficient (Wildman–Crippen LogP) is 4.05. The Kier molecular flexibility index (Phi) is 4.99. The summed E-state index contributed by atoms with van der Waals surface area (Å²) in [6.07, 6.45) is 0. The molecular formula is C20H15FN2O3. The molecule has 0 aliphatic rings. The average Bonchev–Trinajstić information content (AvgIpc) is 3.02. The molecular weight excluding hydrogens is 335 g/mol. The Labute approximate surface area is 149 Å². The van der Waals surface area contributed by atoms with Crippen molar-refractivity contribution >= 4 is 17.3 Å². The Morgan fingerprint density at radius 1 is 1.08 bits per heavy atom. The third kappa shape index (κ3) is 3.90. The van der Waals surface area contributed by atoms with Crippen LogP contribution < -0.4 is 5.32 Å². The number of esters is 1. The minimum atomic E-state index is -0.578. The summed E-state index contributed by atoms with van der Waals surface area (Å²) in [5.41, 5.74) is 2.83. The number of carbonyl (C=O) groups is 1. The van der Waals surface area contributed by atoms with Crippen LogP contribution in [-0.4, -0.2) is 18.2 Å². The van der Waals surface area contributed by atoms with Crippen molar-refractivity contribution in [1.82, 2.24) is 5.16 Å². The molecule has 0 amide bonds. The Hall–Kier alpha value is -3.59. The molecule has 2 aromatic carbocycles. The van der Waals surface area contributed by atoms with Gasteiger partial charge in [-0.25, -0.2) is 9.18 Å². The van der Waals surface area contributed by atoms with Gasteiger partial charge in [0.05, 0.1) is 7.11 Å². The monoisotopic (exact) mass is 350 g/mol. The van der Waals surface area contributed by atoms with Crippen molar-refractivity contribution in [3.63, 3.8) is 0 Å². The number of nitrogens with zero attached hydrogens (tertiary/aromatic N) is 1. The SMILES string of the molecule is COC(=O)c1noc(C)c1Nc1ccc(C#Cc2ccc(F)cc2)cc1. The molecule has 1 aromatic heterocycles. The summed E-state index contributed by atoms with van der Waals surface area (Å²) in [4.78, 5) is 11.7. The zero-order valence-corrected chi connectivity index (χ0v) is 14.2. The first-order valence-electron chi connectivity index (χ1n) is 7.76. The van der Waals surface area contributed by atoms with Gasteiger partial charge < -0.3 is 14.6 Å². The number of rotatable bonds is 3. The first-order valence-corrected chi connectivity index (χ1v) is 7.76. The summed E-state index contributed by atoms with van der Waals surface area (Å²) in [5.74, 6) is 5.59. The van der Waals surface area contributed by atoms with Gasteiger partial charge in [0, 0.05) is 16.8 Å². The second-order valence-electron chi connectivity index (χ2n) is 5.41. The van der Waals surface area contributed by atoms with Gasteiger partial charge in [0.2, 0.25) is 5.69 Å². The lowest BCUT2D eigenvalue weighted by Crippen LogP contribution is -2.05. The number of halogens is 1. The maximum Gasteiger partial charge on any atom is 0.362 e. The number of aromatic nitrogens is 1. The van der Waals surface area contributed by atoms with Crippen LogP contribution in [0.3, 0.4) is 0 Å². The average molecular weight is 350 g/mol. The second kappa shape index (κ2) is 7.53. The van der Waals surface area contributed by atoms with Gasteiger partial charge in [0.15, 0.2) is 5.76 Å². The van der Waals surface area contributed by atoms with Crippen LogP contribution >= 0.6 is 0 Å². The second-order valence-corrected chi connectivity index (χ2v) is 5.41. The zero-order chi connectivity index (χ0) is 18.5. The van der Waals surface area contributed by atoms with Crippen molar-refractivity contribution < 1.29 is 18.4 Å². The fraction of sp³-hybridized carbons (Fsp3) is 0.100. The number of ether oxygens (including phenoxy) is 1. The highest BCUT2D eigenvalue weighted by Crippen LogP contribution is 2.25. The van der Waals surface area contributed by atoms with E-state index in [9.17, 15) is 9.18 Å². The van der Waals surface area contributed by atoms with Gasteiger partial charge in [-0.05, 0) is 55.5 Å². The first kappa shape index (κ1) is 17.2. The van der Waals surface area contributed by atoms with E-state index < -0.39 is 5.97 Å². The number of hydrogen-bond donors (Lipinski definition) is 1. The van der Waals surface area contributed by atoms with E-state index in [4.69, 9.17) is 4.52 Å². The molecule has 5 nitrogen and oxygen atoms in total. The van der Waals surface area contributed by atoms with E-state index >= 15 is 0 Å². The first-order chi connectivity index (χ1) is 12.6. The maximum absolute atomic E-state index is 12.9. The quantitative estimate of drug-likeness (QED) is 0.570. The lowest BCUT2D eigenvalue weighted by Gasteiger charge is -2.06. The highest BCUT2D eigenvalue weighted by Gasteiger charge is 2.20. The summed E-state index contributed by atoms with van der Waals surface area (Å²) >= 11 is 0. The predicted molar refractivity (Wildman–Crippen MR) is 94.7 cm³/mol. The number of aryl methyl sites for hydroxylation is 1. The van der Waals surface area contributed by atoms with Crippen molar-refractivity contribution in [2.45, 2.75) is 6.92 Å². The molecule has 1 heterocycles. The molecule has 6 heteroatoms. The van der Waals surface area contributed by atoms with Crippen LogP contribution in [-0.2, 0) is 4.74 Å². The molecule has 0 unspecified atom stereocenters. The van der Waals surface area contributed by atoms with Crippen LogP contribution in [0, 0.1) is 24.6 Å². The number of hydrogen-bond acceptors (Lipinski definition) is 5. The molecule has 3 aromatic rings. The van der Waals surface area contributed by atoms with Crippen molar-refractivity contribution in [2.24, 2.45) is 0 Å². The van der Waals surface area contributed by atoms with Crippen LogP contribution in [0.2, 0.25) is 0 Å². The van der Waals surface area contributed by atoms with Gasteiger partial charge in [-0.3, -0.25) is 0 Å². The topological polar surface area (TPSA) is 64.4 Å². The van der Waals surface area contributed by atoms with E-state index in [2.05, 4.69) is 27.1 Å².